The summed E-state index contributed by atoms with van der Waals surface area (Å²) in [5, 5.41) is 0. The lowest BCUT2D eigenvalue weighted by Gasteiger charge is -2.22. The normalized spacial score (nSPS) is 17.3. The second kappa shape index (κ2) is 5.12. The molecule has 16 heavy (non-hydrogen) atoms. The molecule has 1 aliphatic rings. The van der Waals surface area contributed by atoms with Crippen molar-refractivity contribution >= 4 is 5.82 Å². The SMILES string of the molecule is Cc1c(N)ncnc1OCC1CCOCC1. The van der Waals surface area contributed by atoms with Crippen LogP contribution in [0.1, 0.15) is 18.4 Å². The number of hydrogen-bond acceptors (Lipinski definition) is 5. The summed E-state index contributed by atoms with van der Waals surface area (Å²) < 4.78 is 11.0. The molecule has 1 aliphatic heterocycles. The van der Waals surface area contributed by atoms with Gasteiger partial charge in [0.1, 0.15) is 12.1 Å². The first-order valence-corrected chi connectivity index (χ1v) is 5.55. The number of nitrogen functional groups attached to an aromatic ring is 1. The molecule has 0 amide bonds. The van der Waals surface area contributed by atoms with Crippen molar-refractivity contribution in [2.75, 3.05) is 25.6 Å². The van der Waals surface area contributed by atoms with E-state index in [2.05, 4.69) is 9.97 Å². The molecule has 0 aliphatic carbocycles. The molecule has 2 heterocycles. The van der Waals surface area contributed by atoms with Crippen LogP contribution in [0.15, 0.2) is 6.33 Å². The van der Waals surface area contributed by atoms with Gasteiger partial charge >= 0.3 is 0 Å². The molecule has 0 unspecified atom stereocenters. The number of ether oxygens (including phenoxy) is 2. The minimum Gasteiger partial charge on any atom is -0.477 e. The van der Waals surface area contributed by atoms with Crippen molar-refractivity contribution in [2.45, 2.75) is 19.8 Å². The van der Waals surface area contributed by atoms with E-state index in [0.29, 0.717) is 24.2 Å². The smallest absolute Gasteiger partial charge is 0.221 e. The lowest BCUT2D eigenvalue weighted by molar-refractivity contribution is 0.0489. The van der Waals surface area contributed by atoms with E-state index in [1.54, 1.807) is 0 Å². The zero-order valence-electron chi connectivity index (χ0n) is 9.48. The summed E-state index contributed by atoms with van der Waals surface area (Å²) in [6.45, 7) is 4.22. The standard InChI is InChI=1S/C11H17N3O2/c1-8-10(12)13-7-14-11(8)16-6-9-2-4-15-5-3-9/h7,9H,2-6H2,1H3,(H2,12,13,14). The van der Waals surface area contributed by atoms with Crippen LogP contribution in [0.4, 0.5) is 5.82 Å². The van der Waals surface area contributed by atoms with Gasteiger partial charge in [0.05, 0.1) is 12.2 Å². The Morgan fingerprint density at radius 3 is 2.94 bits per heavy atom. The van der Waals surface area contributed by atoms with Crippen molar-refractivity contribution < 1.29 is 9.47 Å². The summed E-state index contributed by atoms with van der Waals surface area (Å²) in [5.41, 5.74) is 6.49. The molecule has 0 radical (unpaired) electrons. The van der Waals surface area contributed by atoms with Gasteiger partial charge in [-0.05, 0) is 25.7 Å². The second-order valence-corrected chi connectivity index (χ2v) is 4.06. The molecule has 0 atom stereocenters. The molecule has 2 N–H and O–H groups in total. The summed E-state index contributed by atoms with van der Waals surface area (Å²) in [6.07, 6.45) is 3.54. The lowest BCUT2D eigenvalue weighted by Crippen LogP contribution is -2.22. The fourth-order valence-electron chi connectivity index (χ4n) is 1.70. The average Bonchev–Trinajstić information content (AvgIpc) is 2.32. The monoisotopic (exact) mass is 223 g/mol. The molecule has 0 aromatic carbocycles. The molecule has 1 aromatic heterocycles. The van der Waals surface area contributed by atoms with Gasteiger partial charge in [0, 0.05) is 13.2 Å². The quantitative estimate of drug-likeness (QED) is 0.833. The predicted molar refractivity (Wildman–Crippen MR) is 60.2 cm³/mol. The van der Waals surface area contributed by atoms with Crippen molar-refractivity contribution in [1.82, 2.24) is 9.97 Å². The molecule has 0 saturated carbocycles. The molecule has 1 fully saturated rings. The molecular weight excluding hydrogens is 206 g/mol. The van der Waals surface area contributed by atoms with Crippen LogP contribution in [0.2, 0.25) is 0 Å². The number of aromatic nitrogens is 2. The number of anilines is 1. The topological polar surface area (TPSA) is 70.3 Å². The van der Waals surface area contributed by atoms with Crippen LogP contribution in [0.3, 0.4) is 0 Å². The first-order valence-electron chi connectivity index (χ1n) is 5.55. The van der Waals surface area contributed by atoms with Crippen LogP contribution in [-0.2, 0) is 4.74 Å². The molecule has 1 aromatic rings. The average molecular weight is 223 g/mol. The number of rotatable bonds is 3. The maximum Gasteiger partial charge on any atom is 0.221 e. The fraction of sp³-hybridized carbons (Fsp3) is 0.636. The third kappa shape index (κ3) is 2.61. The van der Waals surface area contributed by atoms with E-state index in [4.69, 9.17) is 15.2 Å². The van der Waals surface area contributed by atoms with E-state index in [1.165, 1.54) is 6.33 Å². The summed E-state index contributed by atoms with van der Waals surface area (Å²) in [6, 6.07) is 0. The molecule has 88 valence electrons. The van der Waals surface area contributed by atoms with Crippen molar-refractivity contribution in [1.29, 1.82) is 0 Å². The van der Waals surface area contributed by atoms with Crippen LogP contribution in [-0.4, -0.2) is 29.8 Å². The van der Waals surface area contributed by atoms with E-state index in [-0.39, 0.29) is 0 Å². The highest BCUT2D eigenvalue weighted by Crippen LogP contribution is 2.20. The van der Waals surface area contributed by atoms with E-state index in [9.17, 15) is 0 Å². The van der Waals surface area contributed by atoms with Gasteiger partial charge in [-0.2, -0.15) is 0 Å². The summed E-state index contributed by atoms with van der Waals surface area (Å²) >= 11 is 0. The van der Waals surface area contributed by atoms with E-state index in [0.717, 1.165) is 31.6 Å². The summed E-state index contributed by atoms with van der Waals surface area (Å²) in [4.78, 5) is 7.98. The third-order valence-electron chi connectivity index (χ3n) is 2.87. The molecule has 0 spiro atoms. The van der Waals surface area contributed by atoms with E-state index < -0.39 is 0 Å². The predicted octanol–water partition coefficient (Wildman–Crippen LogP) is 1.17. The summed E-state index contributed by atoms with van der Waals surface area (Å²) in [5.74, 6) is 1.64. The Kier molecular flexibility index (Phi) is 3.56. The maximum atomic E-state index is 5.68. The number of nitrogens with zero attached hydrogens (tertiary/aromatic N) is 2. The van der Waals surface area contributed by atoms with Gasteiger partial charge < -0.3 is 15.2 Å². The highest BCUT2D eigenvalue weighted by Gasteiger charge is 2.15. The molecule has 0 bridgehead atoms. The van der Waals surface area contributed by atoms with Gasteiger partial charge in [0.25, 0.3) is 0 Å². The Morgan fingerprint density at radius 1 is 1.44 bits per heavy atom. The van der Waals surface area contributed by atoms with Gasteiger partial charge in [0.15, 0.2) is 0 Å². The van der Waals surface area contributed by atoms with Crippen LogP contribution in [0.5, 0.6) is 5.88 Å². The van der Waals surface area contributed by atoms with Gasteiger partial charge in [-0.25, -0.2) is 9.97 Å². The van der Waals surface area contributed by atoms with Crippen molar-refractivity contribution in [2.24, 2.45) is 5.92 Å². The summed E-state index contributed by atoms with van der Waals surface area (Å²) in [7, 11) is 0. The zero-order chi connectivity index (χ0) is 11.4. The molecular formula is C11H17N3O2. The van der Waals surface area contributed by atoms with Gasteiger partial charge in [-0.15, -0.1) is 0 Å². The minimum atomic E-state index is 0.483. The van der Waals surface area contributed by atoms with Crippen molar-refractivity contribution in [3.8, 4) is 5.88 Å². The largest absolute Gasteiger partial charge is 0.477 e. The van der Waals surface area contributed by atoms with Crippen LogP contribution < -0.4 is 10.5 Å². The minimum absolute atomic E-state index is 0.483. The van der Waals surface area contributed by atoms with Crippen LogP contribution in [0.25, 0.3) is 0 Å². The second-order valence-electron chi connectivity index (χ2n) is 4.06. The highest BCUT2D eigenvalue weighted by molar-refractivity contribution is 5.43. The van der Waals surface area contributed by atoms with Crippen molar-refractivity contribution in [3.63, 3.8) is 0 Å². The fourth-order valence-corrected chi connectivity index (χ4v) is 1.70. The molecule has 5 heteroatoms. The van der Waals surface area contributed by atoms with Gasteiger partial charge in [0.2, 0.25) is 5.88 Å². The van der Waals surface area contributed by atoms with E-state index in [1.807, 2.05) is 6.92 Å². The van der Waals surface area contributed by atoms with Gasteiger partial charge in [-0.1, -0.05) is 0 Å². The zero-order valence-corrected chi connectivity index (χ0v) is 9.48. The third-order valence-corrected chi connectivity index (χ3v) is 2.87. The molecule has 1 saturated heterocycles. The van der Waals surface area contributed by atoms with E-state index >= 15 is 0 Å². The first kappa shape index (κ1) is 11.1. The Balaban J connectivity index is 1.91. The number of hydrogen-bond donors (Lipinski definition) is 1. The Morgan fingerprint density at radius 2 is 2.19 bits per heavy atom. The number of nitrogens with two attached hydrogens (primary N) is 1. The van der Waals surface area contributed by atoms with Gasteiger partial charge in [-0.3, -0.25) is 0 Å². The van der Waals surface area contributed by atoms with Crippen LogP contribution >= 0.6 is 0 Å². The molecule has 5 nitrogen and oxygen atoms in total. The van der Waals surface area contributed by atoms with Crippen LogP contribution in [0, 0.1) is 12.8 Å². The molecule has 2 rings (SSSR count). The van der Waals surface area contributed by atoms with Crippen molar-refractivity contribution in [3.05, 3.63) is 11.9 Å². The highest BCUT2D eigenvalue weighted by atomic mass is 16.5. The first-order chi connectivity index (χ1) is 7.77. The Bertz CT molecular complexity index is 351. The lowest BCUT2D eigenvalue weighted by atomic mass is 10.0. The Labute approximate surface area is 95.0 Å². The maximum absolute atomic E-state index is 5.68. The Hall–Kier alpha value is -1.36.